The quantitative estimate of drug-likeness (QED) is 0.384. The third-order valence-electron chi connectivity index (χ3n) is 4.29. The predicted molar refractivity (Wildman–Crippen MR) is 116 cm³/mol. The smallest absolute Gasteiger partial charge is 0.147 e. The largest absolute Gasteiger partial charge is 0.497 e. The Hall–Kier alpha value is -2.50. The van der Waals surface area contributed by atoms with Gasteiger partial charge in [0, 0.05) is 5.56 Å². The van der Waals surface area contributed by atoms with Crippen LogP contribution in [0.2, 0.25) is 0 Å². The number of halogens is 1. The number of benzene rings is 3. The van der Waals surface area contributed by atoms with Crippen molar-refractivity contribution in [3.05, 3.63) is 101 Å². The van der Waals surface area contributed by atoms with Gasteiger partial charge in [0.1, 0.15) is 15.8 Å². The van der Waals surface area contributed by atoms with Crippen LogP contribution in [0.3, 0.4) is 0 Å². The second-order valence-electron chi connectivity index (χ2n) is 5.93. The van der Waals surface area contributed by atoms with Crippen molar-refractivity contribution in [2.75, 3.05) is 7.11 Å². The maximum absolute atomic E-state index is 5.23. The highest BCUT2D eigenvalue weighted by atomic mass is 79.9. The molecule has 1 aromatic heterocycles. The molecule has 0 saturated heterocycles. The van der Waals surface area contributed by atoms with Gasteiger partial charge in [-0.25, -0.2) is 0 Å². The molecule has 27 heavy (non-hydrogen) atoms. The molecule has 0 aliphatic carbocycles. The van der Waals surface area contributed by atoms with Gasteiger partial charge in [0.15, 0.2) is 0 Å². The average Bonchev–Trinajstić information content (AvgIpc) is 3.19. The summed E-state index contributed by atoms with van der Waals surface area (Å²) >= 11 is 1.63. The Bertz CT molecular complexity index is 933. The number of hydrogen-bond acceptors (Lipinski definition) is 4. The predicted octanol–water partition coefficient (Wildman–Crippen LogP) is 5.97. The Kier molecular flexibility index (Phi) is 6.37. The van der Waals surface area contributed by atoms with E-state index in [1.165, 1.54) is 11.1 Å². The molecule has 0 bridgehead atoms. The fourth-order valence-electron chi connectivity index (χ4n) is 2.97. The summed E-state index contributed by atoms with van der Waals surface area (Å²) in [5, 5.41) is 10.9. The van der Waals surface area contributed by atoms with Crippen molar-refractivity contribution < 1.29 is 4.74 Å². The third kappa shape index (κ3) is 4.26. The Morgan fingerprint density at radius 2 is 1.30 bits per heavy atom. The summed E-state index contributed by atoms with van der Waals surface area (Å²) in [5.74, 6) is 0.923. The molecule has 0 aliphatic rings. The molecule has 0 unspecified atom stereocenters. The molecule has 3 nitrogen and oxygen atoms in total. The fraction of sp³-hybridized carbons (Fsp3) is 0.0909. The van der Waals surface area contributed by atoms with Gasteiger partial charge in [-0.1, -0.05) is 72.0 Å². The Morgan fingerprint density at radius 3 is 1.81 bits per heavy atom. The molecule has 4 aromatic rings. The topological polar surface area (TPSA) is 35.0 Å². The van der Waals surface area contributed by atoms with E-state index in [1.807, 2.05) is 36.4 Å². The normalized spacial score (nSPS) is 10.4. The van der Waals surface area contributed by atoms with Crippen LogP contribution in [0.15, 0.2) is 84.9 Å². The zero-order valence-corrected chi connectivity index (χ0v) is 17.3. The molecule has 0 radical (unpaired) electrons. The summed E-state index contributed by atoms with van der Waals surface area (Å²) in [4.78, 5) is 0. The number of ether oxygens (including phenoxy) is 1. The summed E-state index contributed by atoms with van der Waals surface area (Å²) in [5.41, 5.74) is 3.49. The van der Waals surface area contributed by atoms with Gasteiger partial charge in [-0.05, 0) is 35.4 Å². The third-order valence-corrected chi connectivity index (χ3v) is 5.33. The molecule has 1 heterocycles. The van der Waals surface area contributed by atoms with Crippen molar-refractivity contribution in [3.63, 3.8) is 0 Å². The van der Waals surface area contributed by atoms with E-state index >= 15 is 0 Å². The van der Waals surface area contributed by atoms with E-state index in [0.29, 0.717) is 0 Å². The zero-order valence-electron chi connectivity index (χ0n) is 14.8. The minimum Gasteiger partial charge on any atom is -0.497 e. The number of rotatable bonds is 5. The SMILES string of the molecule is Br.COc1ccc(-c2nnc(C(c3ccccc3)c3ccccc3)s2)cc1. The average molecular weight is 439 g/mol. The lowest BCUT2D eigenvalue weighted by molar-refractivity contribution is 0.415. The molecule has 0 aliphatic heterocycles. The Morgan fingerprint density at radius 1 is 0.741 bits per heavy atom. The second kappa shape index (κ2) is 8.93. The highest BCUT2D eigenvalue weighted by Crippen LogP contribution is 2.36. The molecule has 0 N–H and O–H groups in total. The molecule has 3 aromatic carbocycles. The summed E-state index contributed by atoms with van der Waals surface area (Å²) in [6, 6.07) is 28.8. The van der Waals surface area contributed by atoms with Crippen molar-refractivity contribution in [1.29, 1.82) is 0 Å². The van der Waals surface area contributed by atoms with Crippen molar-refractivity contribution in [2.24, 2.45) is 0 Å². The molecule has 136 valence electrons. The van der Waals surface area contributed by atoms with Gasteiger partial charge in [-0.15, -0.1) is 27.2 Å². The van der Waals surface area contributed by atoms with Gasteiger partial charge in [0.05, 0.1) is 13.0 Å². The number of methoxy groups -OCH3 is 1. The summed E-state index contributed by atoms with van der Waals surface area (Å²) in [7, 11) is 1.67. The molecule has 5 heteroatoms. The first-order valence-corrected chi connectivity index (χ1v) is 9.24. The lowest BCUT2D eigenvalue weighted by Crippen LogP contribution is -2.02. The van der Waals surface area contributed by atoms with Crippen molar-refractivity contribution in [3.8, 4) is 16.3 Å². The van der Waals surface area contributed by atoms with Crippen LogP contribution < -0.4 is 4.74 Å². The first kappa shape index (κ1) is 19.3. The van der Waals surface area contributed by atoms with E-state index in [0.717, 1.165) is 21.3 Å². The van der Waals surface area contributed by atoms with Gasteiger partial charge in [-0.2, -0.15) is 0 Å². The molecular weight excluding hydrogens is 420 g/mol. The highest BCUT2D eigenvalue weighted by molar-refractivity contribution is 8.93. The van der Waals surface area contributed by atoms with Crippen LogP contribution in [0, 0.1) is 0 Å². The molecule has 0 saturated carbocycles. The van der Waals surface area contributed by atoms with Crippen LogP contribution in [-0.2, 0) is 0 Å². The zero-order chi connectivity index (χ0) is 17.8. The van der Waals surface area contributed by atoms with E-state index in [4.69, 9.17) is 4.74 Å². The van der Waals surface area contributed by atoms with Crippen molar-refractivity contribution in [2.45, 2.75) is 5.92 Å². The van der Waals surface area contributed by atoms with Crippen LogP contribution in [-0.4, -0.2) is 17.3 Å². The minimum atomic E-state index is 0. The summed E-state index contributed by atoms with van der Waals surface area (Å²) in [6.07, 6.45) is 0. The van der Waals surface area contributed by atoms with E-state index in [-0.39, 0.29) is 22.9 Å². The van der Waals surface area contributed by atoms with Gasteiger partial charge in [0.25, 0.3) is 0 Å². The molecule has 0 amide bonds. The number of nitrogens with zero attached hydrogens (tertiary/aromatic N) is 2. The van der Waals surface area contributed by atoms with Crippen LogP contribution in [0.1, 0.15) is 22.1 Å². The van der Waals surface area contributed by atoms with E-state index in [2.05, 4.69) is 58.7 Å². The number of hydrogen-bond donors (Lipinski definition) is 0. The lowest BCUT2D eigenvalue weighted by atomic mass is 9.92. The fourth-order valence-corrected chi connectivity index (χ4v) is 3.98. The standard InChI is InChI=1S/C22H18N2OS.BrH/c1-25-19-14-12-18(13-15-19)21-23-24-22(26-21)20(16-8-4-2-5-9-16)17-10-6-3-7-11-17;/h2-15,20H,1H3;1H. The van der Waals surface area contributed by atoms with Crippen molar-refractivity contribution >= 4 is 28.3 Å². The monoisotopic (exact) mass is 438 g/mol. The molecule has 0 atom stereocenters. The maximum Gasteiger partial charge on any atom is 0.147 e. The van der Waals surface area contributed by atoms with Crippen LogP contribution in [0.5, 0.6) is 5.75 Å². The summed E-state index contributed by atoms with van der Waals surface area (Å²) < 4.78 is 5.23. The summed E-state index contributed by atoms with van der Waals surface area (Å²) in [6.45, 7) is 0. The highest BCUT2D eigenvalue weighted by Gasteiger charge is 2.21. The van der Waals surface area contributed by atoms with Gasteiger partial charge >= 0.3 is 0 Å². The second-order valence-corrected chi connectivity index (χ2v) is 6.94. The maximum atomic E-state index is 5.23. The molecule has 0 fully saturated rings. The Balaban J connectivity index is 0.00000210. The van der Waals surface area contributed by atoms with Crippen molar-refractivity contribution in [1.82, 2.24) is 10.2 Å². The van der Waals surface area contributed by atoms with Gasteiger partial charge in [0.2, 0.25) is 0 Å². The van der Waals surface area contributed by atoms with Gasteiger partial charge < -0.3 is 4.74 Å². The van der Waals surface area contributed by atoms with Crippen LogP contribution in [0.4, 0.5) is 0 Å². The van der Waals surface area contributed by atoms with Crippen LogP contribution >= 0.6 is 28.3 Å². The van der Waals surface area contributed by atoms with E-state index in [9.17, 15) is 0 Å². The number of aromatic nitrogens is 2. The molecule has 0 spiro atoms. The molecular formula is C22H19BrN2OS. The molecule has 4 rings (SSSR count). The minimum absolute atomic E-state index is 0. The van der Waals surface area contributed by atoms with Gasteiger partial charge in [-0.3, -0.25) is 0 Å². The first-order valence-electron chi connectivity index (χ1n) is 8.43. The van der Waals surface area contributed by atoms with Crippen LogP contribution in [0.25, 0.3) is 10.6 Å². The Labute approximate surface area is 173 Å². The van der Waals surface area contributed by atoms with E-state index in [1.54, 1.807) is 18.4 Å². The van der Waals surface area contributed by atoms with E-state index < -0.39 is 0 Å². The first-order chi connectivity index (χ1) is 12.8. The lowest BCUT2D eigenvalue weighted by Gasteiger charge is -2.14.